The molecule has 0 spiro atoms. The van der Waals surface area contributed by atoms with Crippen molar-refractivity contribution >= 4 is 15.7 Å². The van der Waals surface area contributed by atoms with E-state index in [0.29, 0.717) is 31.9 Å². The molecular weight excluding hydrogens is 226 g/mol. The largest absolute Gasteiger partial charge is 0.398 e. The first-order valence-corrected chi connectivity index (χ1v) is 6.62. The summed E-state index contributed by atoms with van der Waals surface area (Å²) in [7, 11) is -3.42. The van der Waals surface area contributed by atoms with Gasteiger partial charge in [0.25, 0.3) is 0 Å². The number of hydrogen-bond donors (Lipinski definition) is 2. The van der Waals surface area contributed by atoms with Crippen molar-refractivity contribution in [1.29, 1.82) is 0 Å². The van der Waals surface area contributed by atoms with Crippen LogP contribution >= 0.6 is 0 Å². The van der Waals surface area contributed by atoms with E-state index < -0.39 is 10.0 Å². The number of nitrogens with zero attached hydrogens (tertiary/aromatic N) is 1. The number of nitrogens with one attached hydrogen (secondary N) is 1. The van der Waals surface area contributed by atoms with E-state index in [1.807, 2.05) is 0 Å². The number of nitrogens with two attached hydrogens (primary N) is 1. The fraction of sp³-hybridized carbons (Fsp3) is 0.400. The average molecular weight is 241 g/mol. The lowest BCUT2D eigenvalue weighted by Gasteiger charge is -2.26. The minimum absolute atomic E-state index is 0.205. The van der Waals surface area contributed by atoms with Crippen molar-refractivity contribution < 1.29 is 8.42 Å². The molecule has 1 heterocycles. The second-order valence-electron chi connectivity index (χ2n) is 3.69. The molecule has 0 unspecified atom stereocenters. The van der Waals surface area contributed by atoms with E-state index >= 15 is 0 Å². The van der Waals surface area contributed by atoms with Gasteiger partial charge in [-0.25, -0.2) is 8.42 Å². The van der Waals surface area contributed by atoms with Gasteiger partial charge in [-0.2, -0.15) is 4.31 Å². The third-order valence-corrected chi connectivity index (χ3v) is 4.59. The number of anilines is 1. The summed E-state index contributed by atoms with van der Waals surface area (Å²) in [5, 5.41) is 3.12. The molecule has 16 heavy (non-hydrogen) atoms. The molecule has 2 rings (SSSR count). The lowest BCUT2D eigenvalue weighted by atomic mass is 10.3. The summed E-state index contributed by atoms with van der Waals surface area (Å²) in [6.45, 7) is 2.37. The second kappa shape index (κ2) is 4.40. The molecule has 0 radical (unpaired) electrons. The Labute approximate surface area is 95.3 Å². The molecule has 0 amide bonds. The standard InChI is InChI=1S/C10H15N3O2S/c11-9-3-1-2-4-10(9)16(14,15)13-7-5-12-6-8-13/h1-4,12H,5-8,11H2. The Morgan fingerprint density at radius 2 is 1.81 bits per heavy atom. The molecule has 0 aromatic heterocycles. The van der Waals surface area contributed by atoms with Gasteiger partial charge in [-0.3, -0.25) is 0 Å². The molecule has 0 saturated carbocycles. The fourth-order valence-corrected chi connectivity index (χ4v) is 3.30. The van der Waals surface area contributed by atoms with Crippen LogP contribution in [0.4, 0.5) is 5.69 Å². The SMILES string of the molecule is Nc1ccccc1S(=O)(=O)N1CCNCC1. The molecule has 1 aliphatic rings. The van der Waals surface area contributed by atoms with Gasteiger partial charge in [0, 0.05) is 26.2 Å². The maximum Gasteiger partial charge on any atom is 0.245 e. The predicted molar refractivity (Wildman–Crippen MR) is 62.5 cm³/mol. The van der Waals surface area contributed by atoms with Gasteiger partial charge >= 0.3 is 0 Å². The molecule has 88 valence electrons. The zero-order valence-electron chi connectivity index (χ0n) is 8.89. The lowest BCUT2D eigenvalue weighted by Crippen LogP contribution is -2.46. The maximum absolute atomic E-state index is 12.2. The van der Waals surface area contributed by atoms with E-state index in [2.05, 4.69) is 5.32 Å². The monoisotopic (exact) mass is 241 g/mol. The van der Waals surface area contributed by atoms with Gasteiger partial charge in [0.15, 0.2) is 0 Å². The van der Waals surface area contributed by atoms with E-state index in [1.165, 1.54) is 4.31 Å². The second-order valence-corrected chi connectivity index (χ2v) is 5.60. The van der Waals surface area contributed by atoms with Crippen LogP contribution in [0.2, 0.25) is 0 Å². The van der Waals surface area contributed by atoms with E-state index in [-0.39, 0.29) is 4.90 Å². The van der Waals surface area contributed by atoms with Gasteiger partial charge in [0.05, 0.1) is 5.69 Å². The summed E-state index contributed by atoms with van der Waals surface area (Å²) in [4.78, 5) is 0.205. The van der Waals surface area contributed by atoms with Crippen molar-refractivity contribution in [2.45, 2.75) is 4.90 Å². The Morgan fingerprint density at radius 3 is 2.44 bits per heavy atom. The minimum atomic E-state index is -3.42. The van der Waals surface area contributed by atoms with Crippen molar-refractivity contribution in [3.63, 3.8) is 0 Å². The van der Waals surface area contributed by atoms with Crippen LogP contribution in [0.15, 0.2) is 29.2 Å². The summed E-state index contributed by atoms with van der Waals surface area (Å²) in [5.74, 6) is 0. The first-order valence-electron chi connectivity index (χ1n) is 5.18. The number of benzene rings is 1. The van der Waals surface area contributed by atoms with Crippen LogP contribution in [0.1, 0.15) is 0 Å². The first kappa shape index (κ1) is 11.4. The molecule has 1 aromatic carbocycles. The van der Waals surface area contributed by atoms with Gasteiger partial charge < -0.3 is 11.1 Å². The van der Waals surface area contributed by atoms with Crippen molar-refractivity contribution in [1.82, 2.24) is 9.62 Å². The van der Waals surface area contributed by atoms with Crippen LogP contribution in [0.25, 0.3) is 0 Å². The molecule has 0 aliphatic carbocycles. The fourth-order valence-electron chi connectivity index (χ4n) is 1.74. The van der Waals surface area contributed by atoms with Crippen molar-refractivity contribution in [3.05, 3.63) is 24.3 Å². The quantitative estimate of drug-likeness (QED) is 0.707. The van der Waals surface area contributed by atoms with Crippen LogP contribution in [0.3, 0.4) is 0 Å². The van der Waals surface area contributed by atoms with Gasteiger partial charge in [-0.15, -0.1) is 0 Å². The van der Waals surface area contributed by atoms with Crippen LogP contribution in [-0.2, 0) is 10.0 Å². The molecule has 3 N–H and O–H groups in total. The van der Waals surface area contributed by atoms with E-state index in [9.17, 15) is 8.42 Å². The number of sulfonamides is 1. The van der Waals surface area contributed by atoms with E-state index in [4.69, 9.17) is 5.73 Å². The van der Waals surface area contributed by atoms with Gasteiger partial charge in [-0.05, 0) is 12.1 Å². The number of hydrogen-bond acceptors (Lipinski definition) is 4. The molecule has 0 bridgehead atoms. The van der Waals surface area contributed by atoms with Crippen LogP contribution in [0, 0.1) is 0 Å². The third-order valence-electron chi connectivity index (χ3n) is 2.61. The minimum Gasteiger partial charge on any atom is -0.398 e. The summed E-state index contributed by atoms with van der Waals surface area (Å²) in [5.41, 5.74) is 6.00. The Hall–Kier alpha value is -1.11. The van der Waals surface area contributed by atoms with Crippen LogP contribution in [-0.4, -0.2) is 38.9 Å². The average Bonchev–Trinajstić information content (AvgIpc) is 2.30. The predicted octanol–water partition coefficient (Wildman–Crippen LogP) is -0.137. The highest BCUT2D eigenvalue weighted by Gasteiger charge is 2.27. The maximum atomic E-state index is 12.2. The molecule has 6 heteroatoms. The van der Waals surface area contributed by atoms with Crippen molar-refractivity contribution in [3.8, 4) is 0 Å². The van der Waals surface area contributed by atoms with Gasteiger partial charge in [0.1, 0.15) is 4.90 Å². The molecule has 1 aromatic rings. The smallest absolute Gasteiger partial charge is 0.245 e. The summed E-state index contributed by atoms with van der Waals surface area (Å²) in [6.07, 6.45) is 0. The Morgan fingerprint density at radius 1 is 1.19 bits per heavy atom. The summed E-state index contributed by atoms with van der Waals surface area (Å²) < 4.78 is 25.9. The molecule has 5 nitrogen and oxygen atoms in total. The highest BCUT2D eigenvalue weighted by atomic mass is 32.2. The summed E-state index contributed by atoms with van der Waals surface area (Å²) in [6, 6.07) is 6.57. The number of nitrogen functional groups attached to an aromatic ring is 1. The number of piperazine rings is 1. The third kappa shape index (κ3) is 2.04. The zero-order chi connectivity index (χ0) is 11.6. The number of rotatable bonds is 2. The molecule has 1 fully saturated rings. The molecule has 1 aliphatic heterocycles. The van der Waals surface area contributed by atoms with Gasteiger partial charge in [0.2, 0.25) is 10.0 Å². The number of para-hydroxylation sites is 1. The Bertz CT molecular complexity index is 467. The van der Waals surface area contributed by atoms with Gasteiger partial charge in [-0.1, -0.05) is 12.1 Å². The van der Waals surface area contributed by atoms with Crippen molar-refractivity contribution in [2.24, 2.45) is 0 Å². The topological polar surface area (TPSA) is 75.4 Å². The van der Waals surface area contributed by atoms with Crippen molar-refractivity contribution in [2.75, 3.05) is 31.9 Å². The highest BCUT2D eigenvalue weighted by Crippen LogP contribution is 2.21. The van der Waals surface area contributed by atoms with E-state index in [1.54, 1.807) is 24.3 Å². The molecule has 1 saturated heterocycles. The normalized spacial score (nSPS) is 18.5. The van der Waals surface area contributed by atoms with Crippen LogP contribution < -0.4 is 11.1 Å². The summed E-state index contributed by atoms with van der Waals surface area (Å²) >= 11 is 0. The molecule has 0 atom stereocenters. The Balaban J connectivity index is 2.35. The first-order chi connectivity index (χ1) is 7.62. The van der Waals surface area contributed by atoms with E-state index in [0.717, 1.165) is 0 Å². The highest BCUT2D eigenvalue weighted by molar-refractivity contribution is 7.89. The lowest BCUT2D eigenvalue weighted by molar-refractivity contribution is 0.360. The molecular formula is C10H15N3O2S. The Kier molecular flexibility index (Phi) is 3.13. The van der Waals surface area contributed by atoms with Crippen LogP contribution in [0.5, 0.6) is 0 Å². The zero-order valence-corrected chi connectivity index (χ0v) is 9.70.